The van der Waals surface area contributed by atoms with Crippen molar-refractivity contribution in [3.8, 4) is 0 Å². The second-order valence-electron chi connectivity index (χ2n) is 3.08. The van der Waals surface area contributed by atoms with Crippen molar-refractivity contribution in [2.75, 3.05) is 5.32 Å². The van der Waals surface area contributed by atoms with Gasteiger partial charge < -0.3 is 5.32 Å². The van der Waals surface area contributed by atoms with Gasteiger partial charge in [0.2, 0.25) is 5.13 Å². The molecule has 1 aromatic heterocycles. The Morgan fingerprint density at radius 1 is 1.27 bits per heavy atom. The minimum atomic E-state index is 0.540. The van der Waals surface area contributed by atoms with E-state index in [2.05, 4.69) is 15.5 Å². The zero-order chi connectivity index (χ0) is 10.7. The van der Waals surface area contributed by atoms with Gasteiger partial charge in [-0.3, -0.25) is 0 Å². The third-order valence-corrected chi connectivity index (χ3v) is 2.95. The van der Waals surface area contributed by atoms with Gasteiger partial charge in [0.25, 0.3) is 0 Å². The van der Waals surface area contributed by atoms with Crippen LogP contribution in [-0.2, 0) is 5.88 Å². The van der Waals surface area contributed by atoms with Crippen LogP contribution in [0, 0.1) is 6.92 Å². The predicted octanol–water partition coefficient (Wildman–Crippen LogP) is 3.33. The van der Waals surface area contributed by atoms with Crippen LogP contribution in [0.4, 0.5) is 10.8 Å². The molecule has 0 aliphatic carbocycles. The summed E-state index contributed by atoms with van der Waals surface area (Å²) >= 11 is 7.24. The summed E-state index contributed by atoms with van der Waals surface area (Å²) in [5.41, 5.74) is 2.11. The Kier molecular flexibility index (Phi) is 3.18. The van der Waals surface area contributed by atoms with E-state index in [0.717, 1.165) is 21.4 Å². The molecule has 0 saturated carbocycles. The minimum Gasteiger partial charge on any atom is -0.330 e. The zero-order valence-corrected chi connectivity index (χ0v) is 9.77. The first kappa shape index (κ1) is 10.4. The molecule has 0 saturated heterocycles. The first-order chi connectivity index (χ1) is 7.28. The van der Waals surface area contributed by atoms with Crippen molar-refractivity contribution in [2.45, 2.75) is 12.8 Å². The smallest absolute Gasteiger partial charge is 0.210 e. The SMILES string of the molecule is Cc1nnc(Nc2ccc(CCl)cc2)s1. The number of alkyl halides is 1. The van der Waals surface area contributed by atoms with Crippen molar-refractivity contribution >= 4 is 33.8 Å². The van der Waals surface area contributed by atoms with Gasteiger partial charge in [0, 0.05) is 11.6 Å². The van der Waals surface area contributed by atoms with Crippen LogP contribution in [0.2, 0.25) is 0 Å². The van der Waals surface area contributed by atoms with Crippen LogP contribution in [-0.4, -0.2) is 10.2 Å². The van der Waals surface area contributed by atoms with Gasteiger partial charge in [-0.2, -0.15) is 0 Å². The molecule has 0 aliphatic heterocycles. The van der Waals surface area contributed by atoms with E-state index < -0.39 is 0 Å². The topological polar surface area (TPSA) is 37.8 Å². The third-order valence-electron chi connectivity index (χ3n) is 1.89. The molecule has 0 fully saturated rings. The Labute approximate surface area is 97.1 Å². The number of halogens is 1. The van der Waals surface area contributed by atoms with E-state index in [4.69, 9.17) is 11.6 Å². The Balaban J connectivity index is 2.11. The van der Waals surface area contributed by atoms with Crippen molar-refractivity contribution in [1.29, 1.82) is 0 Å². The maximum Gasteiger partial charge on any atom is 0.210 e. The molecule has 2 rings (SSSR count). The van der Waals surface area contributed by atoms with E-state index in [-0.39, 0.29) is 0 Å². The molecule has 0 bridgehead atoms. The van der Waals surface area contributed by atoms with E-state index in [1.165, 1.54) is 11.3 Å². The van der Waals surface area contributed by atoms with Crippen LogP contribution in [0.25, 0.3) is 0 Å². The summed E-state index contributed by atoms with van der Waals surface area (Å²) in [6.07, 6.45) is 0. The molecule has 0 radical (unpaired) electrons. The van der Waals surface area contributed by atoms with Crippen molar-refractivity contribution in [2.24, 2.45) is 0 Å². The quantitative estimate of drug-likeness (QED) is 0.835. The molecule has 3 nitrogen and oxygen atoms in total. The average molecular weight is 240 g/mol. The summed E-state index contributed by atoms with van der Waals surface area (Å²) in [5.74, 6) is 0.540. The molecule has 5 heteroatoms. The maximum atomic E-state index is 5.70. The van der Waals surface area contributed by atoms with Gasteiger partial charge in [0.15, 0.2) is 0 Å². The number of nitrogens with one attached hydrogen (secondary N) is 1. The summed E-state index contributed by atoms with van der Waals surface area (Å²) < 4.78 is 0. The lowest BCUT2D eigenvalue weighted by Crippen LogP contribution is -1.89. The Morgan fingerprint density at radius 3 is 2.53 bits per heavy atom. The number of hydrogen-bond acceptors (Lipinski definition) is 4. The molecule has 0 amide bonds. The second-order valence-corrected chi connectivity index (χ2v) is 4.53. The molecule has 0 unspecified atom stereocenters. The van der Waals surface area contributed by atoms with Gasteiger partial charge in [0.1, 0.15) is 5.01 Å². The molecule has 2 aromatic rings. The van der Waals surface area contributed by atoms with E-state index >= 15 is 0 Å². The van der Waals surface area contributed by atoms with E-state index in [0.29, 0.717) is 5.88 Å². The number of benzene rings is 1. The Hall–Kier alpha value is -1.13. The highest BCUT2D eigenvalue weighted by atomic mass is 35.5. The molecule has 0 aliphatic rings. The van der Waals surface area contributed by atoms with Crippen LogP contribution in [0.15, 0.2) is 24.3 Å². The van der Waals surface area contributed by atoms with Crippen LogP contribution in [0.3, 0.4) is 0 Å². The van der Waals surface area contributed by atoms with Crippen LogP contribution >= 0.6 is 22.9 Å². The summed E-state index contributed by atoms with van der Waals surface area (Å²) in [7, 11) is 0. The fourth-order valence-electron chi connectivity index (χ4n) is 1.15. The summed E-state index contributed by atoms with van der Waals surface area (Å²) in [5, 5.41) is 12.9. The highest BCUT2D eigenvalue weighted by molar-refractivity contribution is 7.15. The highest BCUT2D eigenvalue weighted by Crippen LogP contribution is 2.20. The third kappa shape index (κ3) is 2.67. The largest absolute Gasteiger partial charge is 0.330 e. The molecule has 0 spiro atoms. The number of nitrogens with zero attached hydrogens (tertiary/aromatic N) is 2. The fourth-order valence-corrected chi connectivity index (χ4v) is 1.94. The van der Waals surface area contributed by atoms with Crippen molar-refractivity contribution in [3.63, 3.8) is 0 Å². The van der Waals surface area contributed by atoms with Gasteiger partial charge in [-0.1, -0.05) is 23.5 Å². The summed E-state index contributed by atoms with van der Waals surface area (Å²) in [6, 6.07) is 7.94. The van der Waals surface area contributed by atoms with Gasteiger partial charge in [-0.05, 0) is 24.6 Å². The zero-order valence-electron chi connectivity index (χ0n) is 8.20. The van der Waals surface area contributed by atoms with Crippen molar-refractivity contribution < 1.29 is 0 Å². The normalized spacial score (nSPS) is 10.3. The highest BCUT2D eigenvalue weighted by Gasteiger charge is 2.00. The second kappa shape index (κ2) is 4.59. The van der Waals surface area contributed by atoms with E-state index in [1.807, 2.05) is 31.2 Å². The fraction of sp³-hybridized carbons (Fsp3) is 0.200. The van der Waals surface area contributed by atoms with Gasteiger partial charge in [-0.15, -0.1) is 21.8 Å². The first-order valence-electron chi connectivity index (χ1n) is 4.50. The summed E-state index contributed by atoms with van der Waals surface area (Å²) in [4.78, 5) is 0. The van der Waals surface area contributed by atoms with Crippen LogP contribution in [0.5, 0.6) is 0 Å². The van der Waals surface area contributed by atoms with Crippen molar-refractivity contribution in [3.05, 3.63) is 34.8 Å². The number of rotatable bonds is 3. The predicted molar refractivity (Wildman–Crippen MR) is 63.9 cm³/mol. The molecule has 1 aromatic carbocycles. The number of aryl methyl sites for hydroxylation is 1. The van der Waals surface area contributed by atoms with Crippen molar-refractivity contribution in [1.82, 2.24) is 10.2 Å². The lowest BCUT2D eigenvalue weighted by Gasteiger charge is -2.02. The van der Waals surface area contributed by atoms with Crippen LogP contribution in [0.1, 0.15) is 10.6 Å². The Bertz CT molecular complexity index is 438. The lowest BCUT2D eigenvalue weighted by molar-refractivity contribution is 1.05. The summed E-state index contributed by atoms with van der Waals surface area (Å²) in [6.45, 7) is 1.93. The molecule has 78 valence electrons. The molecule has 0 atom stereocenters. The van der Waals surface area contributed by atoms with E-state index in [9.17, 15) is 0 Å². The Morgan fingerprint density at radius 2 is 2.00 bits per heavy atom. The van der Waals surface area contributed by atoms with Gasteiger partial charge in [-0.25, -0.2) is 0 Å². The number of anilines is 2. The molecular formula is C10H10ClN3S. The van der Waals surface area contributed by atoms with E-state index in [1.54, 1.807) is 0 Å². The maximum absolute atomic E-state index is 5.70. The molecule has 1 N–H and O–H groups in total. The number of hydrogen-bond donors (Lipinski definition) is 1. The standard InChI is InChI=1S/C10H10ClN3S/c1-7-13-14-10(15-7)12-9-4-2-8(6-11)3-5-9/h2-5H,6H2,1H3,(H,12,14). The monoisotopic (exact) mass is 239 g/mol. The molecular weight excluding hydrogens is 230 g/mol. The lowest BCUT2D eigenvalue weighted by atomic mass is 10.2. The van der Waals surface area contributed by atoms with Gasteiger partial charge in [0.05, 0.1) is 0 Å². The molecule has 15 heavy (non-hydrogen) atoms. The minimum absolute atomic E-state index is 0.540. The average Bonchev–Trinajstić information content (AvgIpc) is 2.65. The first-order valence-corrected chi connectivity index (χ1v) is 5.85. The number of aromatic nitrogens is 2. The van der Waals surface area contributed by atoms with Gasteiger partial charge >= 0.3 is 0 Å². The molecule has 1 heterocycles. The van der Waals surface area contributed by atoms with Crippen LogP contribution < -0.4 is 5.32 Å².